The number of hydrogen-bond acceptors (Lipinski definition) is 4. The molecule has 1 aliphatic heterocycles. The predicted octanol–water partition coefficient (Wildman–Crippen LogP) is 5.45. The molecule has 176 valence electrons. The Hall–Kier alpha value is -3.97. The molecule has 3 heterocycles. The van der Waals surface area contributed by atoms with Gasteiger partial charge in [0.05, 0.1) is 24.4 Å². The molecule has 1 saturated heterocycles. The molecule has 35 heavy (non-hydrogen) atoms. The van der Waals surface area contributed by atoms with Gasteiger partial charge in [-0.25, -0.2) is 4.79 Å². The van der Waals surface area contributed by atoms with Crippen LogP contribution in [0.25, 0.3) is 5.69 Å². The number of methoxy groups -OCH3 is 1. The van der Waals surface area contributed by atoms with Crippen LogP contribution < -0.4 is 10.2 Å². The molecule has 5 rings (SSSR count). The first-order valence-corrected chi connectivity index (χ1v) is 11.8. The summed E-state index contributed by atoms with van der Waals surface area (Å²) in [4.78, 5) is 19.0. The summed E-state index contributed by atoms with van der Waals surface area (Å²) in [5, 5.41) is 4.17. The summed E-state index contributed by atoms with van der Waals surface area (Å²) < 4.78 is 7.03. The third-order valence-electron chi connectivity index (χ3n) is 6.21. The molecule has 0 spiro atoms. The van der Waals surface area contributed by atoms with Gasteiger partial charge < -0.3 is 19.5 Å². The summed E-state index contributed by atoms with van der Waals surface area (Å²) >= 11 is 5.88. The van der Waals surface area contributed by atoms with E-state index >= 15 is 0 Å². The summed E-state index contributed by atoms with van der Waals surface area (Å²) in [6.45, 7) is 4.19. The maximum Gasteiger partial charge on any atom is 0.337 e. The van der Waals surface area contributed by atoms with Crippen LogP contribution >= 0.6 is 12.2 Å². The highest BCUT2D eigenvalue weighted by molar-refractivity contribution is 7.80. The van der Waals surface area contributed by atoms with Crippen LogP contribution in [0.3, 0.4) is 0 Å². The minimum Gasteiger partial charge on any atom is -0.465 e. The molecular weight excluding hydrogens is 456 g/mol. The Morgan fingerprint density at radius 2 is 1.77 bits per heavy atom. The fraction of sp³-hybridized carbons (Fsp3) is 0.179. The zero-order valence-electron chi connectivity index (χ0n) is 19.8. The number of aromatic nitrogens is 2. The molecule has 2 atom stereocenters. The zero-order valence-corrected chi connectivity index (χ0v) is 20.6. The van der Waals surface area contributed by atoms with E-state index in [0.717, 1.165) is 22.8 Å². The van der Waals surface area contributed by atoms with E-state index in [4.69, 9.17) is 17.0 Å². The number of thiocarbonyl (C=S) groups is 1. The van der Waals surface area contributed by atoms with Crippen molar-refractivity contribution in [3.63, 3.8) is 0 Å². The van der Waals surface area contributed by atoms with Crippen molar-refractivity contribution in [3.05, 3.63) is 113 Å². The van der Waals surface area contributed by atoms with Crippen molar-refractivity contribution in [2.45, 2.75) is 25.9 Å². The number of nitrogens with zero attached hydrogens (tertiary/aromatic N) is 3. The molecule has 0 amide bonds. The quantitative estimate of drug-likeness (QED) is 0.301. The molecule has 2 aromatic carbocycles. The fourth-order valence-corrected chi connectivity index (χ4v) is 5.14. The van der Waals surface area contributed by atoms with E-state index in [0.29, 0.717) is 10.7 Å². The highest BCUT2D eigenvalue weighted by atomic mass is 32.1. The molecule has 0 unspecified atom stereocenters. The van der Waals surface area contributed by atoms with Gasteiger partial charge in [0.2, 0.25) is 0 Å². The number of anilines is 1. The van der Waals surface area contributed by atoms with Gasteiger partial charge in [-0.3, -0.25) is 4.98 Å². The number of aryl methyl sites for hydroxylation is 2. The zero-order chi connectivity index (χ0) is 24.5. The highest BCUT2D eigenvalue weighted by Gasteiger charge is 2.42. The van der Waals surface area contributed by atoms with Crippen LogP contribution in [0.4, 0.5) is 5.69 Å². The van der Waals surface area contributed by atoms with Crippen molar-refractivity contribution in [1.82, 2.24) is 14.9 Å². The predicted molar refractivity (Wildman–Crippen MR) is 141 cm³/mol. The number of ether oxygens (including phenoxy) is 1. The lowest BCUT2D eigenvalue weighted by Crippen LogP contribution is -2.30. The number of benzene rings is 2. The lowest BCUT2D eigenvalue weighted by Gasteiger charge is -2.29. The van der Waals surface area contributed by atoms with Crippen molar-refractivity contribution in [1.29, 1.82) is 0 Å². The number of carbonyl (C=O) groups is 1. The van der Waals surface area contributed by atoms with Gasteiger partial charge in [0.1, 0.15) is 6.04 Å². The van der Waals surface area contributed by atoms with Gasteiger partial charge in [-0.15, -0.1) is 0 Å². The van der Waals surface area contributed by atoms with Crippen LogP contribution in [0.15, 0.2) is 85.2 Å². The number of carbonyl (C=O) groups excluding carboxylic acids is 1. The van der Waals surface area contributed by atoms with E-state index in [9.17, 15) is 4.79 Å². The summed E-state index contributed by atoms with van der Waals surface area (Å²) in [6, 6.07) is 23.6. The Morgan fingerprint density at radius 1 is 0.971 bits per heavy atom. The van der Waals surface area contributed by atoms with Gasteiger partial charge in [-0.1, -0.05) is 18.2 Å². The molecular formula is C28H26N4O2S. The third kappa shape index (κ3) is 4.31. The van der Waals surface area contributed by atoms with Crippen molar-refractivity contribution >= 4 is 29.0 Å². The summed E-state index contributed by atoms with van der Waals surface area (Å²) in [5.41, 5.74) is 6.66. The Kier molecular flexibility index (Phi) is 6.09. The molecule has 7 heteroatoms. The lowest BCUT2D eigenvalue weighted by molar-refractivity contribution is 0.0600. The monoisotopic (exact) mass is 482 g/mol. The molecule has 4 aromatic rings. The molecule has 6 nitrogen and oxygen atoms in total. The molecule has 2 aromatic heterocycles. The second kappa shape index (κ2) is 9.35. The van der Waals surface area contributed by atoms with Crippen LogP contribution in [-0.4, -0.2) is 27.7 Å². The van der Waals surface area contributed by atoms with Crippen molar-refractivity contribution in [3.8, 4) is 5.69 Å². The molecule has 0 radical (unpaired) electrons. The standard InChI is InChI=1S/C28H26N4O2S/c1-18-14-19(2)16-22(15-18)32-26(25(30-28(32)35)23-10-4-5-12-29-23)24-11-7-13-31(24)21-9-6-8-20(17-21)27(33)34-3/h4-17,25-26H,1-3H3,(H,30,35)/t25-,26+/m1/s1. The van der Waals surface area contributed by atoms with Gasteiger partial charge in [-0.2, -0.15) is 0 Å². The first kappa shape index (κ1) is 22.8. The van der Waals surface area contributed by atoms with Crippen molar-refractivity contribution in [2.24, 2.45) is 0 Å². The van der Waals surface area contributed by atoms with E-state index in [1.54, 1.807) is 12.3 Å². The van der Waals surface area contributed by atoms with Crippen LogP contribution in [0.2, 0.25) is 0 Å². The lowest BCUT2D eigenvalue weighted by atomic mass is 10.00. The number of nitrogens with one attached hydrogen (secondary N) is 1. The summed E-state index contributed by atoms with van der Waals surface area (Å²) in [6.07, 6.45) is 3.80. The molecule has 1 aliphatic rings. The number of rotatable bonds is 5. The first-order valence-electron chi connectivity index (χ1n) is 11.4. The summed E-state index contributed by atoms with van der Waals surface area (Å²) in [5.74, 6) is -0.368. The van der Waals surface area contributed by atoms with Gasteiger partial charge in [0.15, 0.2) is 5.11 Å². The average Bonchev–Trinajstić information content (AvgIpc) is 3.47. The van der Waals surface area contributed by atoms with Crippen LogP contribution in [0.5, 0.6) is 0 Å². The Morgan fingerprint density at radius 3 is 2.49 bits per heavy atom. The maximum atomic E-state index is 12.2. The normalized spacial score (nSPS) is 17.3. The highest BCUT2D eigenvalue weighted by Crippen LogP contribution is 2.42. The van der Waals surface area contributed by atoms with Crippen molar-refractivity contribution in [2.75, 3.05) is 12.0 Å². The number of hydrogen-bond donors (Lipinski definition) is 1. The van der Waals surface area contributed by atoms with Crippen molar-refractivity contribution < 1.29 is 9.53 Å². The molecule has 0 saturated carbocycles. The summed E-state index contributed by atoms with van der Waals surface area (Å²) in [7, 11) is 1.39. The molecule has 1 N–H and O–H groups in total. The Labute approximate surface area is 210 Å². The first-order chi connectivity index (χ1) is 17.0. The van der Waals surface area contributed by atoms with E-state index < -0.39 is 0 Å². The minimum atomic E-state index is -0.368. The van der Waals surface area contributed by atoms with Crippen LogP contribution in [0, 0.1) is 13.8 Å². The Balaban J connectivity index is 1.67. The Bertz CT molecular complexity index is 1380. The topological polar surface area (TPSA) is 59.4 Å². The van der Waals surface area contributed by atoms with E-state index in [-0.39, 0.29) is 18.1 Å². The largest absolute Gasteiger partial charge is 0.465 e. The van der Waals surface area contributed by atoms with Gasteiger partial charge >= 0.3 is 5.97 Å². The number of pyridine rings is 1. The van der Waals surface area contributed by atoms with E-state index in [1.165, 1.54) is 18.2 Å². The van der Waals surface area contributed by atoms with Gasteiger partial charge in [-0.05, 0) is 91.8 Å². The van der Waals surface area contributed by atoms with E-state index in [2.05, 4.69) is 57.9 Å². The maximum absolute atomic E-state index is 12.2. The smallest absolute Gasteiger partial charge is 0.337 e. The SMILES string of the molecule is COC(=O)c1cccc(-n2cccc2[C@H]2[C@@H](c3ccccn3)NC(=S)N2c2cc(C)cc(C)c2)c1. The van der Waals surface area contributed by atoms with Gasteiger partial charge in [0.25, 0.3) is 0 Å². The third-order valence-corrected chi connectivity index (χ3v) is 6.53. The molecule has 0 aliphatic carbocycles. The minimum absolute atomic E-state index is 0.165. The van der Waals surface area contributed by atoms with E-state index in [1.807, 2.05) is 48.7 Å². The molecule has 1 fully saturated rings. The second-order valence-corrected chi connectivity index (χ2v) is 9.07. The molecule has 0 bridgehead atoms. The van der Waals surface area contributed by atoms with Crippen LogP contribution in [-0.2, 0) is 4.74 Å². The van der Waals surface area contributed by atoms with Gasteiger partial charge in [0, 0.05) is 29.5 Å². The fourth-order valence-electron chi connectivity index (χ4n) is 4.79. The average molecular weight is 483 g/mol. The van der Waals surface area contributed by atoms with Crippen LogP contribution in [0.1, 0.15) is 45.0 Å². The second-order valence-electron chi connectivity index (χ2n) is 8.69. The number of esters is 1.